The van der Waals surface area contributed by atoms with Crippen LogP contribution in [-0.2, 0) is 21.4 Å². The molecule has 0 spiro atoms. The molecule has 1 N–H and O–H groups in total. The molecule has 0 aliphatic heterocycles. The van der Waals surface area contributed by atoms with Crippen LogP contribution in [0.3, 0.4) is 0 Å². The van der Waals surface area contributed by atoms with Gasteiger partial charge in [-0.25, -0.2) is 4.79 Å². The fourth-order valence-electron chi connectivity index (χ4n) is 3.31. The highest BCUT2D eigenvalue weighted by atomic mass is 16.5. The molecule has 2 aromatic carbocycles. The van der Waals surface area contributed by atoms with Gasteiger partial charge in [0.1, 0.15) is 0 Å². The summed E-state index contributed by atoms with van der Waals surface area (Å²) in [6.07, 6.45) is 1.93. The number of esters is 1. The van der Waals surface area contributed by atoms with E-state index in [4.69, 9.17) is 4.74 Å². The third-order valence-electron chi connectivity index (χ3n) is 5.18. The topological polar surface area (TPSA) is 73.2 Å². The number of hydrogen-bond donors (Lipinski definition) is 1. The Bertz CT molecular complexity index is 1130. The van der Waals surface area contributed by atoms with E-state index in [1.54, 1.807) is 35.0 Å². The number of benzene rings is 2. The molecule has 0 aliphatic carbocycles. The molecule has 1 amide bonds. The molecule has 3 rings (SSSR count). The van der Waals surface area contributed by atoms with Crippen molar-refractivity contribution in [2.45, 2.75) is 33.8 Å². The number of anilines is 1. The van der Waals surface area contributed by atoms with Gasteiger partial charge in [-0.15, -0.1) is 0 Å². The average molecular weight is 418 g/mol. The third-order valence-corrected chi connectivity index (χ3v) is 5.18. The highest BCUT2D eigenvalue weighted by molar-refractivity contribution is 5.98. The van der Waals surface area contributed by atoms with E-state index in [2.05, 4.69) is 10.4 Å². The Balaban J connectivity index is 1.82. The van der Waals surface area contributed by atoms with Crippen LogP contribution < -0.4 is 5.32 Å². The standard InChI is InChI=1S/C25H27N3O3/c1-16-11-12-17(2)22(15-16)26-25(30)24(20-9-7-6-8-10-20)31-23(29)14-13-21-18(3)27-28(5)19(21)4/h6-15,24H,1-5H3,(H,26,30)/b14-13+/t24-/m1/s1. The van der Waals surface area contributed by atoms with Crippen LogP contribution in [-0.4, -0.2) is 21.7 Å². The minimum absolute atomic E-state index is 0.407. The Morgan fingerprint density at radius 2 is 1.77 bits per heavy atom. The van der Waals surface area contributed by atoms with Gasteiger partial charge in [0.15, 0.2) is 0 Å². The second-order valence-corrected chi connectivity index (χ2v) is 7.58. The normalized spacial score (nSPS) is 12.0. The van der Waals surface area contributed by atoms with Gasteiger partial charge in [-0.05, 0) is 51.0 Å². The SMILES string of the molecule is Cc1ccc(C)c(NC(=O)[C@H](OC(=O)/C=C/c2c(C)nn(C)c2C)c2ccccc2)c1. The fourth-order valence-corrected chi connectivity index (χ4v) is 3.31. The zero-order valence-electron chi connectivity index (χ0n) is 18.5. The quantitative estimate of drug-likeness (QED) is 0.470. The van der Waals surface area contributed by atoms with Crippen LogP contribution in [0.25, 0.3) is 6.08 Å². The first-order chi connectivity index (χ1) is 14.8. The van der Waals surface area contributed by atoms with E-state index in [1.165, 1.54) is 6.08 Å². The molecule has 1 aromatic heterocycles. The number of aryl methyl sites for hydroxylation is 4. The first-order valence-electron chi connectivity index (χ1n) is 10.1. The predicted octanol–water partition coefficient (Wildman–Crippen LogP) is 4.59. The second-order valence-electron chi connectivity index (χ2n) is 7.58. The van der Waals surface area contributed by atoms with Crippen molar-refractivity contribution in [1.82, 2.24) is 9.78 Å². The van der Waals surface area contributed by atoms with Gasteiger partial charge in [0, 0.05) is 35.6 Å². The highest BCUT2D eigenvalue weighted by Crippen LogP contribution is 2.23. The number of nitrogens with zero attached hydrogens (tertiary/aromatic N) is 2. The molecule has 0 fully saturated rings. The maximum atomic E-state index is 13.1. The van der Waals surface area contributed by atoms with Gasteiger partial charge in [-0.2, -0.15) is 5.10 Å². The first-order valence-corrected chi connectivity index (χ1v) is 10.1. The molecule has 0 saturated heterocycles. The Morgan fingerprint density at radius 3 is 2.42 bits per heavy atom. The zero-order chi connectivity index (χ0) is 22.5. The Morgan fingerprint density at radius 1 is 1.06 bits per heavy atom. The summed E-state index contributed by atoms with van der Waals surface area (Å²) in [5, 5.41) is 7.23. The largest absolute Gasteiger partial charge is 0.444 e. The minimum atomic E-state index is -1.07. The van der Waals surface area contributed by atoms with E-state index in [0.29, 0.717) is 11.3 Å². The van der Waals surface area contributed by atoms with Crippen LogP contribution in [0.5, 0.6) is 0 Å². The smallest absolute Gasteiger partial charge is 0.331 e. The lowest BCUT2D eigenvalue weighted by Gasteiger charge is -2.18. The number of carbonyl (C=O) groups is 2. The van der Waals surface area contributed by atoms with E-state index in [9.17, 15) is 9.59 Å². The molecule has 0 radical (unpaired) electrons. The minimum Gasteiger partial charge on any atom is -0.444 e. The molecular formula is C25H27N3O3. The number of carbonyl (C=O) groups excluding carboxylic acids is 2. The summed E-state index contributed by atoms with van der Waals surface area (Å²) in [6, 6.07) is 14.8. The summed E-state index contributed by atoms with van der Waals surface area (Å²) in [4.78, 5) is 25.7. The summed E-state index contributed by atoms with van der Waals surface area (Å²) in [5.41, 5.74) is 5.86. The van der Waals surface area contributed by atoms with Crippen LogP contribution in [0.15, 0.2) is 54.6 Å². The lowest BCUT2D eigenvalue weighted by molar-refractivity contribution is -0.149. The van der Waals surface area contributed by atoms with Crippen LogP contribution in [0.2, 0.25) is 0 Å². The van der Waals surface area contributed by atoms with Crippen molar-refractivity contribution in [1.29, 1.82) is 0 Å². The number of aromatic nitrogens is 2. The molecule has 1 heterocycles. The summed E-state index contributed by atoms with van der Waals surface area (Å²) < 4.78 is 7.34. The maximum Gasteiger partial charge on any atom is 0.331 e. The lowest BCUT2D eigenvalue weighted by Crippen LogP contribution is -2.25. The lowest BCUT2D eigenvalue weighted by atomic mass is 10.1. The zero-order valence-corrected chi connectivity index (χ0v) is 18.5. The van der Waals surface area contributed by atoms with E-state index in [0.717, 1.165) is 28.1 Å². The molecule has 1 atom stereocenters. The van der Waals surface area contributed by atoms with Crippen LogP contribution in [0, 0.1) is 27.7 Å². The summed E-state index contributed by atoms with van der Waals surface area (Å²) >= 11 is 0. The number of rotatable bonds is 6. The van der Waals surface area contributed by atoms with Crippen molar-refractivity contribution in [3.63, 3.8) is 0 Å². The molecule has 0 aliphatic rings. The van der Waals surface area contributed by atoms with Gasteiger partial charge in [0.25, 0.3) is 5.91 Å². The molecule has 0 saturated carbocycles. The number of amides is 1. The number of nitrogens with one attached hydrogen (secondary N) is 1. The van der Waals surface area contributed by atoms with Gasteiger partial charge >= 0.3 is 5.97 Å². The van der Waals surface area contributed by atoms with Gasteiger partial charge < -0.3 is 10.1 Å². The highest BCUT2D eigenvalue weighted by Gasteiger charge is 2.25. The Hall–Kier alpha value is -3.67. The monoisotopic (exact) mass is 417 g/mol. The van der Waals surface area contributed by atoms with Crippen molar-refractivity contribution in [2.75, 3.05) is 5.32 Å². The predicted molar refractivity (Wildman–Crippen MR) is 122 cm³/mol. The van der Waals surface area contributed by atoms with Crippen molar-refractivity contribution < 1.29 is 14.3 Å². The van der Waals surface area contributed by atoms with Gasteiger partial charge in [0.05, 0.1) is 5.69 Å². The number of ether oxygens (including phenoxy) is 1. The van der Waals surface area contributed by atoms with Gasteiger partial charge in [-0.1, -0.05) is 42.5 Å². The summed E-state index contributed by atoms with van der Waals surface area (Å²) in [7, 11) is 1.85. The molecule has 160 valence electrons. The second kappa shape index (κ2) is 9.43. The Labute approximate surface area is 182 Å². The van der Waals surface area contributed by atoms with Crippen molar-refractivity contribution in [3.05, 3.63) is 88.2 Å². The first kappa shape index (κ1) is 22.0. The molecule has 31 heavy (non-hydrogen) atoms. The molecule has 6 nitrogen and oxygen atoms in total. The van der Waals surface area contributed by atoms with Crippen LogP contribution in [0.1, 0.15) is 39.7 Å². The van der Waals surface area contributed by atoms with Crippen molar-refractivity contribution in [3.8, 4) is 0 Å². The maximum absolute atomic E-state index is 13.1. The Kier molecular flexibility index (Phi) is 6.70. The van der Waals surface area contributed by atoms with E-state index in [1.807, 2.05) is 59.0 Å². The van der Waals surface area contributed by atoms with E-state index in [-0.39, 0.29) is 0 Å². The van der Waals surface area contributed by atoms with E-state index < -0.39 is 18.0 Å². The average Bonchev–Trinajstić information content (AvgIpc) is 2.99. The van der Waals surface area contributed by atoms with Gasteiger partial charge in [-0.3, -0.25) is 9.48 Å². The summed E-state index contributed by atoms with van der Waals surface area (Å²) in [6.45, 7) is 7.68. The fraction of sp³-hybridized carbons (Fsp3) is 0.240. The van der Waals surface area contributed by atoms with Crippen LogP contribution >= 0.6 is 0 Å². The molecule has 0 bridgehead atoms. The summed E-state index contributed by atoms with van der Waals surface area (Å²) in [5.74, 6) is -1.01. The molecule has 3 aromatic rings. The molecular weight excluding hydrogens is 390 g/mol. The van der Waals surface area contributed by atoms with Crippen molar-refractivity contribution in [2.24, 2.45) is 7.05 Å². The third kappa shape index (κ3) is 5.28. The molecule has 0 unspecified atom stereocenters. The van der Waals surface area contributed by atoms with Gasteiger partial charge in [0.2, 0.25) is 6.10 Å². The van der Waals surface area contributed by atoms with Crippen LogP contribution in [0.4, 0.5) is 5.69 Å². The van der Waals surface area contributed by atoms with E-state index >= 15 is 0 Å². The van der Waals surface area contributed by atoms with Crippen molar-refractivity contribution >= 4 is 23.6 Å². The molecule has 6 heteroatoms. The number of hydrogen-bond acceptors (Lipinski definition) is 4.